The number of carbonyl (C=O) groups excluding carboxylic acids is 2. The number of benzene rings is 2. The van der Waals surface area contributed by atoms with Crippen molar-refractivity contribution in [1.82, 2.24) is 14.9 Å². The smallest absolute Gasteiger partial charge is 0.309 e. The molecule has 1 saturated heterocycles. The fraction of sp³-hybridized carbons (Fsp3) is 0.364. The number of nitrogens with zero attached hydrogens (tertiary/aromatic N) is 1. The summed E-state index contributed by atoms with van der Waals surface area (Å²) in [5.41, 5.74) is 1.54. The van der Waals surface area contributed by atoms with Gasteiger partial charge in [-0.3, -0.25) is 9.59 Å². The fourth-order valence-corrected chi connectivity index (χ4v) is 4.82. The maximum Gasteiger partial charge on any atom is 0.309 e. The molecule has 2 aromatic rings. The number of methoxy groups -OCH3 is 1. The van der Waals surface area contributed by atoms with Crippen molar-refractivity contribution in [3.05, 3.63) is 59.7 Å². The Kier molecular flexibility index (Phi) is 7.64. The van der Waals surface area contributed by atoms with E-state index in [4.69, 9.17) is 4.74 Å². The predicted octanol–water partition coefficient (Wildman–Crippen LogP) is 1.80. The zero-order valence-electron chi connectivity index (χ0n) is 17.5. The zero-order valence-corrected chi connectivity index (χ0v) is 18.3. The molecule has 9 heteroatoms. The number of carbonyl (C=O) groups is 2. The molecule has 0 radical (unpaired) electrons. The van der Waals surface area contributed by atoms with Crippen molar-refractivity contribution in [2.24, 2.45) is 0 Å². The van der Waals surface area contributed by atoms with E-state index in [-0.39, 0.29) is 18.0 Å². The lowest BCUT2D eigenvalue weighted by Crippen LogP contribution is -2.39. The Bertz CT molecular complexity index is 998. The molecule has 1 aliphatic heterocycles. The van der Waals surface area contributed by atoms with Gasteiger partial charge in [0.05, 0.1) is 12.0 Å². The maximum absolute atomic E-state index is 12.7. The number of ether oxygens (including phenoxy) is 1. The minimum absolute atomic E-state index is 0.124. The molecule has 31 heavy (non-hydrogen) atoms. The van der Waals surface area contributed by atoms with Gasteiger partial charge in [0, 0.05) is 26.2 Å². The standard InChI is InChI=1S/C22H27N3O5S/c1-30-19-9-5-17(6-10-19)15-23-21(26)22(27)24-16-18-7-11-20(12-8-18)31(28,29)25-13-3-2-4-14-25/h5-12H,2-4,13-16H2,1H3,(H,23,26)(H,24,27). The van der Waals surface area contributed by atoms with Gasteiger partial charge in [0.1, 0.15) is 5.75 Å². The average Bonchev–Trinajstić information content (AvgIpc) is 2.82. The Morgan fingerprint density at radius 2 is 1.32 bits per heavy atom. The Hall–Kier alpha value is -2.91. The Labute approximate surface area is 182 Å². The monoisotopic (exact) mass is 445 g/mol. The number of piperidine rings is 1. The van der Waals surface area contributed by atoms with Crippen molar-refractivity contribution < 1.29 is 22.7 Å². The summed E-state index contributed by atoms with van der Waals surface area (Å²) in [7, 11) is -1.92. The molecule has 0 bridgehead atoms. The molecular formula is C22H27N3O5S. The SMILES string of the molecule is COc1ccc(CNC(=O)C(=O)NCc2ccc(S(=O)(=O)N3CCCCC3)cc2)cc1. The van der Waals surface area contributed by atoms with Crippen LogP contribution in [0.3, 0.4) is 0 Å². The predicted molar refractivity (Wildman–Crippen MR) is 116 cm³/mol. The van der Waals surface area contributed by atoms with Gasteiger partial charge in [0.2, 0.25) is 10.0 Å². The van der Waals surface area contributed by atoms with Gasteiger partial charge in [-0.2, -0.15) is 4.31 Å². The second-order valence-corrected chi connectivity index (χ2v) is 9.26. The lowest BCUT2D eigenvalue weighted by molar-refractivity contribution is -0.139. The molecule has 1 fully saturated rings. The summed E-state index contributed by atoms with van der Waals surface area (Å²) in [5, 5.41) is 5.11. The van der Waals surface area contributed by atoms with Crippen molar-refractivity contribution in [3.8, 4) is 5.75 Å². The summed E-state index contributed by atoms with van der Waals surface area (Å²) in [5.74, 6) is -0.777. The normalized spacial score (nSPS) is 14.6. The summed E-state index contributed by atoms with van der Waals surface area (Å²) in [6, 6.07) is 13.5. The van der Waals surface area contributed by atoms with Crippen LogP contribution in [0.4, 0.5) is 0 Å². The molecule has 8 nitrogen and oxygen atoms in total. The van der Waals surface area contributed by atoms with Crippen molar-refractivity contribution in [3.63, 3.8) is 0 Å². The summed E-state index contributed by atoms with van der Waals surface area (Å²) >= 11 is 0. The highest BCUT2D eigenvalue weighted by Gasteiger charge is 2.25. The van der Waals surface area contributed by atoms with Crippen LogP contribution in [0.25, 0.3) is 0 Å². The third-order valence-electron chi connectivity index (χ3n) is 5.15. The average molecular weight is 446 g/mol. The number of hydrogen-bond donors (Lipinski definition) is 2. The molecule has 2 aromatic carbocycles. The lowest BCUT2D eigenvalue weighted by atomic mass is 10.2. The number of hydrogen-bond acceptors (Lipinski definition) is 5. The highest BCUT2D eigenvalue weighted by atomic mass is 32.2. The molecule has 0 atom stereocenters. The largest absolute Gasteiger partial charge is 0.497 e. The van der Waals surface area contributed by atoms with Crippen LogP contribution in [0.2, 0.25) is 0 Å². The third-order valence-corrected chi connectivity index (χ3v) is 7.06. The topological polar surface area (TPSA) is 105 Å². The van der Waals surface area contributed by atoms with Gasteiger partial charge < -0.3 is 15.4 Å². The van der Waals surface area contributed by atoms with Crippen molar-refractivity contribution in [2.75, 3.05) is 20.2 Å². The fourth-order valence-electron chi connectivity index (χ4n) is 3.30. The van der Waals surface area contributed by atoms with Crippen LogP contribution in [0.1, 0.15) is 30.4 Å². The third kappa shape index (κ3) is 6.05. The van der Waals surface area contributed by atoms with E-state index < -0.39 is 21.8 Å². The van der Waals surface area contributed by atoms with Gasteiger partial charge in [-0.1, -0.05) is 30.7 Å². The van der Waals surface area contributed by atoms with E-state index >= 15 is 0 Å². The van der Waals surface area contributed by atoms with E-state index in [0.717, 1.165) is 24.8 Å². The van der Waals surface area contributed by atoms with Crippen LogP contribution >= 0.6 is 0 Å². The first kappa shape index (κ1) is 22.8. The quantitative estimate of drug-likeness (QED) is 0.633. The number of amides is 2. The lowest BCUT2D eigenvalue weighted by Gasteiger charge is -2.25. The van der Waals surface area contributed by atoms with Crippen LogP contribution in [-0.4, -0.2) is 44.7 Å². The van der Waals surface area contributed by atoms with Gasteiger partial charge in [0.15, 0.2) is 0 Å². The molecule has 1 aliphatic rings. The van der Waals surface area contributed by atoms with Crippen LogP contribution in [0, 0.1) is 0 Å². The van der Waals surface area contributed by atoms with E-state index in [1.807, 2.05) is 0 Å². The second-order valence-electron chi connectivity index (χ2n) is 7.32. The van der Waals surface area contributed by atoms with Crippen LogP contribution in [-0.2, 0) is 32.7 Å². The van der Waals surface area contributed by atoms with Crippen molar-refractivity contribution in [1.29, 1.82) is 0 Å². The molecule has 0 aliphatic carbocycles. The molecule has 166 valence electrons. The van der Waals surface area contributed by atoms with Gasteiger partial charge >= 0.3 is 11.8 Å². The molecule has 2 N–H and O–H groups in total. The van der Waals surface area contributed by atoms with E-state index in [2.05, 4.69) is 10.6 Å². The molecule has 1 heterocycles. The first-order valence-corrected chi connectivity index (χ1v) is 11.6. The maximum atomic E-state index is 12.7. The number of sulfonamides is 1. The molecule has 0 aromatic heterocycles. The number of nitrogens with one attached hydrogen (secondary N) is 2. The second kappa shape index (κ2) is 10.4. The molecule has 0 saturated carbocycles. The van der Waals surface area contributed by atoms with Crippen molar-refractivity contribution >= 4 is 21.8 Å². The highest BCUT2D eigenvalue weighted by Crippen LogP contribution is 2.20. The molecule has 2 amide bonds. The Morgan fingerprint density at radius 1 is 0.839 bits per heavy atom. The molecule has 0 unspecified atom stereocenters. The summed E-state index contributed by atoms with van der Waals surface area (Å²) in [4.78, 5) is 24.3. The summed E-state index contributed by atoms with van der Waals surface area (Å²) < 4.78 is 31.9. The minimum atomic E-state index is -3.49. The van der Waals surface area contributed by atoms with Gasteiger partial charge in [-0.15, -0.1) is 0 Å². The van der Waals surface area contributed by atoms with Crippen molar-refractivity contribution in [2.45, 2.75) is 37.2 Å². The Morgan fingerprint density at radius 3 is 1.81 bits per heavy atom. The zero-order chi connectivity index (χ0) is 22.3. The molecule has 3 rings (SSSR count). The molecular weight excluding hydrogens is 418 g/mol. The molecule has 0 spiro atoms. The Balaban J connectivity index is 1.48. The summed E-state index contributed by atoms with van der Waals surface area (Å²) in [6.07, 6.45) is 2.81. The van der Waals surface area contributed by atoms with E-state index in [1.165, 1.54) is 16.4 Å². The van der Waals surface area contributed by atoms with Gasteiger partial charge in [0.25, 0.3) is 0 Å². The number of rotatable bonds is 7. The van der Waals surface area contributed by atoms with E-state index in [0.29, 0.717) is 24.4 Å². The minimum Gasteiger partial charge on any atom is -0.497 e. The summed E-state index contributed by atoms with van der Waals surface area (Å²) in [6.45, 7) is 1.44. The van der Waals surface area contributed by atoms with E-state index in [9.17, 15) is 18.0 Å². The van der Waals surface area contributed by atoms with Crippen LogP contribution in [0.15, 0.2) is 53.4 Å². The van der Waals surface area contributed by atoms with Crippen LogP contribution in [0.5, 0.6) is 5.75 Å². The van der Waals surface area contributed by atoms with Crippen LogP contribution < -0.4 is 15.4 Å². The van der Waals surface area contributed by atoms with E-state index in [1.54, 1.807) is 43.5 Å². The first-order chi connectivity index (χ1) is 14.9. The van der Waals surface area contributed by atoms with Gasteiger partial charge in [-0.05, 0) is 48.2 Å². The van der Waals surface area contributed by atoms with Gasteiger partial charge in [-0.25, -0.2) is 8.42 Å². The first-order valence-electron chi connectivity index (χ1n) is 10.2. The highest BCUT2D eigenvalue weighted by molar-refractivity contribution is 7.89.